The summed E-state index contributed by atoms with van der Waals surface area (Å²) in [6, 6.07) is 10.2. The van der Waals surface area contributed by atoms with Crippen LogP contribution >= 0.6 is 11.6 Å². The minimum atomic E-state index is -0.468. The van der Waals surface area contributed by atoms with Gasteiger partial charge in [0.05, 0.1) is 10.7 Å². The number of anilines is 1. The Morgan fingerprint density at radius 1 is 1.38 bits per heavy atom. The van der Waals surface area contributed by atoms with Crippen LogP contribution in [-0.2, 0) is 6.54 Å². The van der Waals surface area contributed by atoms with Crippen LogP contribution in [0, 0.1) is 12.7 Å². The van der Waals surface area contributed by atoms with Crippen LogP contribution in [-0.4, -0.2) is 11.0 Å². The highest BCUT2D eigenvalue weighted by atomic mass is 35.5. The van der Waals surface area contributed by atoms with E-state index in [-0.39, 0.29) is 10.9 Å². The fourth-order valence-corrected chi connectivity index (χ4v) is 2.12. The summed E-state index contributed by atoms with van der Waals surface area (Å²) in [7, 11) is 0. The monoisotopic (exact) mass is 307 g/mol. The van der Waals surface area contributed by atoms with Crippen molar-refractivity contribution in [3.8, 4) is 0 Å². The predicted molar refractivity (Wildman–Crippen MR) is 82.4 cm³/mol. The smallest absolute Gasteiger partial charge is 0.170 e. The molecule has 2 aromatic rings. The largest absolute Gasteiger partial charge is 0.409 e. The Labute approximate surface area is 127 Å². The summed E-state index contributed by atoms with van der Waals surface area (Å²) in [6.07, 6.45) is 0. The van der Waals surface area contributed by atoms with Gasteiger partial charge >= 0.3 is 0 Å². The lowest BCUT2D eigenvalue weighted by molar-refractivity contribution is 0.318. The maximum Gasteiger partial charge on any atom is 0.170 e. The normalized spacial score (nSPS) is 11.5. The van der Waals surface area contributed by atoms with Crippen molar-refractivity contribution in [3.05, 3.63) is 63.9 Å². The zero-order chi connectivity index (χ0) is 15.4. The lowest BCUT2D eigenvalue weighted by Gasteiger charge is -2.11. The van der Waals surface area contributed by atoms with Gasteiger partial charge in [0.15, 0.2) is 11.7 Å². The van der Waals surface area contributed by atoms with Gasteiger partial charge in [0.2, 0.25) is 0 Å². The standard InChI is InChI=1S/C15H15ClFN3O/c1-9-7-10(15(18)20-21)5-6-11(9)8-19-13-4-2-3-12(16)14(13)17/h2-7,19,21H,8H2,1H3,(H2,18,20). The summed E-state index contributed by atoms with van der Waals surface area (Å²) >= 11 is 5.73. The minimum absolute atomic E-state index is 0.0542. The van der Waals surface area contributed by atoms with Crippen molar-refractivity contribution in [1.82, 2.24) is 0 Å². The molecular formula is C15H15ClFN3O. The molecule has 0 saturated heterocycles. The molecule has 2 rings (SSSR count). The molecule has 0 bridgehead atoms. The number of nitrogens with one attached hydrogen (secondary N) is 1. The highest BCUT2D eigenvalue weighted by Crippen LogP contribution is 2.23. The number of rotatable bonds is 4. The van der Waals surface area contributed by atoms with E-state index in [9.17, 15) is 4.39 Å². The van der Waals surface area contributed by atoms with Gasteiger partial charge in [-0.1, -0.05) is 35.0 Å². The van der Waals surface area contributed by atoms with Crippen molar-refractivity contribution in [2.45, 2.75) is 13.5 Å². The number of nitrogens with two attached hydrogens (primary N) is 1. The van der Waals surface area contributed by atoms with Gasteiger partial charge < -0.3 is 16.3 Å². The second-order valence-electron chi connectivity index (χ2n) is 4.58. The molecule has 0 atom stereocenters. The van der Waals surface area contributed by atoms with Gasteiger partial charge in [0, 0.05) is 12.1 Å². The number of nitrogens with zero attached hydrogens (tertiary/aromatic N) is 1. The zero-order valence-corrected chi connectivity index (χ0v) is 12.2. The van der Waals surface area contributed by atoms with E-state index in [1.807, 2.05) is 13.0 Å². The van der Waals surface area contributed by atoms with Crippen LogP contribution in [0.15, 0.2) is 41.6 Å². The summed E-state index contributed by atoms with van der Waals surface area (Å²) < 4.78 is 13.8. The molecule has 6 heteroatoms. The SMILES string of the molecule is Cc1cc(/C(N)=N/O)ccc1CNc1cccc(Cl)c1F. The van der Waals surface area contributed by atoms with E-state index in [1.54, 1.807) is 24.3 Å². The van der Waals surface area contributed by atoms with Gasteiger partial charge in [-0.25, -0.2) is 4.39 Å². The van der Waals surface area contributed by atoms with Crippen LogP contribution < -0.4 is 11.1 Å². The molecule has 4 nitrogen and oxygen atoms in total. The quantitative estimate of drug-likeness (QED) is 0.350. The second-order valence-corrected chi connectivity index (χ2v) is 4.99. The van der Waals surface area contributed by atoms with Crippen molar-refractivity contribution in [2.24, 2.45) is 10.9 Å². The van der Waals surface area contributed by atoms with E-state index in [2.05, 4.69) is 10.5 Å². The summed E-state index contributed by atoms with van der Waals surface area (Å²) in [6.45, 7) is 2.35. The van der Waals surface area contributed by atoms with E-state index in [0.29, 0.717) is 17.8 Å². The lowest BCUT2D eigenvalue weighted by Crippen LogP contribution is -2.13. The van der Waals surface area contributed by atoms with Crippen molar-refractivity contribution in [2.75, 3.05) is 5.32 Å². The maximum absolute atomic E-state index is 13.8. The van der Waals surface area contributed by atoms with Crippen LogP contribution in [0.1, 0.15) is 16.7 Å². The molecule has 2 aromatic carbocycles. The fourth-order valence-electron chi connectivity index (χ4n) is 1.94. The first kappa shape index (κ1) is 15.1. The third-order valence-corrected chi connectivity index (χ3v) is 3.46. The molecule has 0 saturated carbocycles. The summed E-state index contributed by atoms with van der Waals surface area (Å²) in [4.78, 5) is 0. The molecule has 0 heterocycles. The van der Waals surface area contributed by atoms with Gasteiger partial charge in [0.25, 0.3) is 0 Å². The van der Waals surface area contributed by atoms with Crippen LogP contribution in [0.5, 0.6) is 0 Å². The average molecular weight is 308 g/mol. The lowest BCUT2D eigenvalue weighted by atomic mass is 10.0. The van der Waals surface area contributed by atoms with E-state index in [0.717, 1.165) is 11.1 Å². The maximum atomic E-state index is 13.8. The summed E-state index contributed by atoms with van der Waals surface area (Å²) in [5, 5.41) is 14.7. The van der Waals surface area contributed by atoms with Crippen LogP contribution in [0.4, 0.5) is 10.1 Å². The minimum Gasteiger partial charge on any atom is -0.409 e. The molecule has 0 aliphatic rings. The molecule has 0 fully saturated rings. The van der Waals surface area contributed by atoms with Crippen molar-refractivity contribution in [3.63, 3.8) is 0 Å². The average Bonchev–Trinajstić information content (AvgIpc) is 2.49. The van der Waals surface area contributed by atoms with E-state index < -0.39 is 5.82 Å². The Morgan fingerprint density at radius 3 is 2.81 bits per heavy atom. The summed E-state index contributed by atoms with van der Waals surface area (Å²) in [5.74, 6) is -0.413. The van der Waals surface area contributed by atoms with Crippen LogP contribution in [0.3, 0.4) is 0 Å². The topological polar surface area (TPSA) is 70.6 Å². The number of aryl methyl sites for hydroxylation is 1. The molecule has 0 aromatic heterocycles. The Bertz CT molecular complexity index is 689. The van der Waals surface area contributed by atoms with Crippen molar-refractivity contribution >= 4 is 23.1 Å². The molecule has 21 heavy (non-hydrogen) atoms. The van der Waals surface area contributed by atoms with Gasteiger partial charge in [-0.05, 0) is 36.2 Å². The Morgan fingerprint density at radius 2 is 2.14 bits per heavy atom. The Hall–Kier alpha value is -2.27. The predicted octanol–water partition coefficient (Wildman–Crippen LogP) is 3.49. The first-order valence-corrected chi connectivity index (χ1v) is 6.66. The summed E-state index contributed by atoms with van der Waals surface area (Å²) in [5.41, 5.74) is 8.45. The number of benzene rings is 2. The number of halogens is 2. The van der Waals surface area contributed by atoms with E-state index >= 15 is 0 Å². The first-order valence-electron chi connectivity index (χ1n) is 6.28. The van der Waals surface area contributed by atoms with Crippen molar-refractivity contribution < 1.29 is 9.60 Å². The molecule has 0 aliphatic carbocycles. The highest BCUT2D eigenvalue weighted by molar-refractivity contribution is 6.31. The molecule has 0 aliphatic heterocycles. The van der Waals surface area contributed by atoms with Gasteiger partial charge in [0.1, 0.15) is 0 Å². The Kier molecular flexibility index (Phi) is 4.65. The van der Waals surface area contributed by atoms with Gasteiger partial charge in [-0.2, -0.15) is 0 Å². The molecule has 110 valence electrons. The fraction of sp³-hybridized carbons (Fsp3) is 0.133. The Balaban J connectivity index is 2.15. The van der Waals surface area contributed by atoms with Crippen LogP contribution in [0.25, 0.3) is 0 Å². The number of amidine groups is 1. The third kappa shape index (κ3) is 3.44. The molecular weight excluding hydrogens is 293 g/mol. The number of hydrogen-bond donors (Lipinski definition) is 3. The van der Waals surface area contributed by atoms with E-state index in [1.165, 1.54) is 6.07 Å². The molecule has 4 N–H and O–H groups in total. The second kappa shape index (κ2) is 6.45. The van der Waals surface area contributed by atoms with Crippen molar-refractivity contribution in [1.29, 1.82) is 0 Å². The molecule has 0 radical (unpaired) electrons. The van der Waals surface area contributed by atoms with Gasteiger partial charge in [-0.15, -0.1) is 0 Å². The molecule has 0 spiro atoms. The molecule has 0 amide bonds. The third-order valence-electron chi connectivity index (χ3n) is 3.17. The number of oxime groups is 1. The van der Waals surface area contributed by atoms with Crippen LogP contribution in [0.2, 0.25) is 5.02 Å². The molecule has 0 unspecified atom stereocenters. The zero-order valence-electron chi connectivity index (χ0n) is 11.4. The highest BCUT2D eigenvalue weighted by Gasteiger charge is 2.07. The van der Waals surface area contributed by atoms with E-state index in [4.69, 9.17) is 22.5 Å². The van der Waals surface area contributed by atoms with Gasteiger partial charge in [-0.3, -0.25) is 0 Å². The number of hydrogen-bond acceptors (Lipinski definition) is 3. The first-order chi connectivity index (χ1) is 10.0.